The van der Waals surface area contributed by atoms with Gasteiger partial charge in [-0.15, -0.1) is 0 Å². The van der Waals surface area contributed by atoms with E-state index < -0.39 is 0 Å². The van der Waals surface area contributed by atoms with Crippen molar-refractivity contribution in [2.75, 3.05) is 18.4 Å². The van der Waals surface area contributed by atoms with Crippen LogP contribution in [0.5, 0.6) is 0 Å². The monoisotopic (exact) mass is 410 g/mol. The summed E-state index contributed by atoms with van der Waals surface area (Å²) in [7, 11) is 2.00. The van der Waals surface area contributed by atoms with Crippen molar-refractivity contribution in [1.29, 1.82) is 0 Å². The summed E-state index contributed by atoms with van der Waals surface area (Å²) in [6.45, 7) is 7.39. The van der Waals surface area contributed by atoms with Crippen LogP contribution in [0.4, 0.5) is 10.5 Å². The van der Waals surface area contributed by atoms with Gasteiger partial charge in [0.25, 0.3) is 0 Å². The van der Waals surface area contributed by atoms with Crippen molar-refractivity contribution in [3.8, 4) is 0 Å². The van der Waals surface area contributed by atoms with Gasteiger partial charge in [-0.05, 0) is 62.4 Å². The number of rotatable bonds is 9. The number of carbonyl (C=O) groups excluding carboxylic acids is 2. The zero-order valence-corrected chi connectivity index (χ0v) is 18.6. The number of aromatic nitrogens is 1. The lowest BCUT2D eigenvalue weighted by atomic mass is 10.1. The van der Waals surface area contributed by atoms with Crippen molar-refractivity contribution in [2.24, 2.45) is 7.05 Å². The van der Waals surface area contributed by atoms with Crippen LogP contribution in [0.25, 0.3) is 0 Å². The summed E-state index contributed by atoms with van der Waals surface area (Å²) in [5, 5.41) is 3.02. The molecule has 30 heavy (non-hydrogen) atoms. The number of benzene rings is 1. The highest BCUT2D eigenvalue weighted by Crippen LogP contribution is 2.29. The fraction of sp³-hybridized carbons (Fsp3) is 0.500. The largest absolute Gasteiger partial charge is 0.353 e. The molecule has 0 bridgehead atoms. The molecule has 1 aliphatic rings. The fourth-order valence-electron chi connectivity index (χ4n) is 3.58. The average Bonchev–Trinajstić information content (AvgIpc) is 3.48. The van der Waals surface area contributed by atoms with Crippen molar-refractivity contribution in [3.05, 3.63) is 53.3 Å². The van der Waals surface area contributed by atoms with E-state index in [4.69, 9.17) is 0 Å². The first-order valence-corrected chi connectivity index (χ1v) is 10.9. The summed E-state index contributed by atoms with van der Waals surface area (Å²) in [6.07, 6.45) is 5.92. The van der Waals surface area contributed by atoms with Gasteiger partial charge in [0.1, 0.15) is 6.54 Å². The molecular formula is C24H34N4O2. The molecule has 1 aliphatic carbocycles. The third-order valence-corrected chi connectivity index (χ3v) is 5.93. The average molecular weight is 411 g/mol. The predicted octanol–water partition coefficient (Wildman–Crippen LogP) is 4.47. The second kappa shape index (κ2) is 9.83. The molecule has 6 heteroatoms. The Morgan fingerprint density at radius 3 is 2.57 bits per heavy atom. The minimum Gasteiger partial charge on any atom is -0.353 e. The van der Waals surface area contributed by atoms with Gasteiger partial charge in [0.05, 0.1) is 6.54 Å². The fourth-order valence-corrected chi connectivity index (χ4v) is 3.58. The normalized spacial score (nSPS) is 13.2. The van der Waals surface area contributed by atoms with E-state index in [2.05, 4.69) is 12.2 Å². The van der Waals surface area contributed by atoms with E-state index in [1.807, 2.05) is 66.9 Å². The Labute approximate surface area is 179 Å². The van der Waals surface area contributed by atoms with Gasteiger partial charge in [-0.2, -0.15) is 0 Å². The second-order valence-electron chi connectivity index (χ2n) is 8.32. The Hall–Kier alpha value is -2.76. The Morgan fingerprint density at radius 2 is 1.93 bits per heavy atom. The maximum atomic E-state index is 13.2. The summed E-state index contributed by atoms with van der Waals surface area (Å²) in [5.41, 5.74) is 4.09. The number of unbranched alkanes of at least 4 members (excludes halogenated alkanes) is 1. The molecule has 2 aromatic rings. The van der Waals surface area contributed by atoms with Gasteiger partial charge in [-0.3, -0.25) is 4.79 Å². The molecule has 1 saturated carbocycles. The van der Waals surface area contributed by atoms with E-state index >= 15 is 0 Å². The third kappa shape index (κ3) is 5.43. The summed E-state index contributed by atoms with van der Waals surface area (Å²) in [4.78, 5) is 29.9. The van der Waals surface area contributed by atoms with Gasteiger partial charge in [0.2, 0.25) is 5.91 Å². The molecule has 0 unspecified atom stereocenters. The van der Waals surface area contributed by atoms with E-state index in [1.54, 1.807) is 4.90 Å². The van der Waals surface area contributed by atoms with Crippen LogP contribution >= 0.6 is 0 Å². The van der Waals surface area contributed by atoms with Gasteiger partial charge in [-0.1, -0.05) is 25.5 Å². The molecular weight excluding hydrogens is 376 g/mol. The topological polar surface area (TPSA) is 57.6 Å². The maximum absolute atomic E-state index is 13.2. The highest BCUT2D eigenvalue weighted by Gasteiger charge is 2.34. The Morgan fingerprint density at radius 1 is 1.17 bits per heavy atom. The van der Waals surface area contributed by atoms with Gasteiger partial charge >= 0.3 is 6.03 Å². The van der Waals surface area contributed by atoms with Crippen LogP contribution in [0.15, 0.2) is 36.5 Å². The molecule has 1 heterocycles. The van der Waals surface area contributed by atoms with Crippen molar-refractivity contribution in [3.63, 3.8) is 0 Å². The SMILES string of the molecule is CCCCN(CC(=O)N(Cc1cccn1C)C1CC1)C(=O)Nc1cccc(C)c1C. The highest BCUT2D eigenvalue weighted by molar-refractivity contribution is 5.93. The van der Waals surface area contributed by atoms with Crippen LogP contribution in [0.2, 0.25) is 0 Å². The first-order valence-electron chi connectivity index (χ1n) is 10.9. The van der Waals surface area contributed by atoms with E-state index in [0.717, 1.165) is 48.2 Å². The number of anilines is 1. The molecule has 0 spiro atoms. The first-order chi connectivity index (χ1) is 14.4. The number of amides is 3. The van der Waals surface area contributed by atoms with Gasteiger partial charge in [-0.25, -0.2) is 4.79 Å². The summed E-state index contributed by atoms with van der Waals surface area (Å²) in [6, 6.07) is 10.0. The van der Waals surface area contributed by atoms with Crippen LogP contribution in [-0.2, 0) is 18.4 Å². The zero-order chi connectivity index (χ0) is 21.7. The molecule has 1 N–H and O–H groups in total. The highest BCUT2D eigenvalue weighted by atomic mass is 16.2. The summed E-state index contributed by atoms with van der Waals surface area (Å²) < 4.78 is 2.05. The van der Waals surface area contributed by atoms with E-state index in [-0.39, 0.29) is 18.5 Å². The van der Waals surface area contributed by atoms with E-state index in [9.17, 15) is 9.59 Å². The van der Waals surface area contributed by atoms with Crippen LogP contribution in [-0.4, -0.2) is 45.4 Å². The molecule has 6 nitrogen and oxygen atoms in total. The molecule has 0 atom stereocenters. The standard InChI is InChI=1S/C24H34N4O2/c1-5-6-15-27(24(30)25-22-11-7-9-18(2)19(22)3)17-23(29)28(20-12-13-20)16-21-10-8-14-26(21)4/h7-11,14,20H,5-6,12-13,15-17H2,1-4H3,(H,25,30). The first kappa shape index (κ1) is 21.9. The van der Waals surface area contributed by atoms with Crippen molar-refractivity contribution >= 4 is 17.6 Å². The molecule has 3 rings (SSSR count). The Kier molecular flexibility index (Phi) is 7.19. The number of nitrogens with zero attached hydrogens (tertiary/aromatic N) is 3. The molecule has 1 aromatic carbocycles. The smallest absolute Gasteiger partial charge is 0.322 e. The third-order valence-electron chi connectivity index (χ3n) is 5.93. The van der Waals surface area contributed by atoms with Crippen LogP contribution in [0.1, 0.15) is 49.4 Å². The van der Waals surface area contributed by atoms with Gasteiger partial charge in [0.15, 0.2) is 0 Å². The number of nitrogens with one attached hydrogen (secondary N) is 1. The van der Waals surface area contributed by atoms with Gasteiger partial charge < -0.3 is 19.7 Å². The number of carbonyl (C=O) groups is 2. The lowest BCUT2D eigenvalue weighted by Gasteiger charge is -2.28. The summed E-state index contributed by atoms with van der Waals surface area (Å²) >= 11 is 0. The van der Waals surface area contributed by atoms with Gasteiger partial charge in [0, 0.05) is 37.2 Å². The van der Waals surface area contributed by atoms with E-state index in [1.165, 1.54) is 0 Å². The summed E-state index contributed by atoms with van der Waals surface area (Å²) in [5.74, 6) is 0.0194. The minimum atomic E-state index is -0.208. The number of aryl methyl sites for hydroxylation is 2. The molecule has 0 radical (unpaired) electrons. The minimum absolute atomic E-state index is 0.0194. The number of hydrogen-bond acceptors (Lipinski definition) is 2. The lowest BCUT2D eigenvalue weighted by Crippen LogP contribution is -2.45. The molecule has 0 saturated heterocycles. The second-order valence-corrected chi connectivity index (χ2v) is 8.32. The molecule has 0 aliphatic heterocycles. The molecule has 3 amide bonds. The zero-order valence-electron chi connectivity index (χ0n) is 18.6. The lowest BCUT2D eigenvalue weighted by molar-refractivity contribution is -0.133. The Bertz CT molecular complexity index is 885. The number of urea groups is 1. The predicted molar refractivity (Wildman–Crippen MR) is 120 cm³/mol. The van der Waals surface area contributed by atoms with Crippen molar-refractivity contribution in [1.82, 2.24) is 14.4 Å². The van der Waals surface area contributed by atoms with E-state index in [0.29, 0.717) is 19.1 Å². The molecule has 1 aromatic heterocycles. The molecule has 1 fully saturated rings. The van der Waals surface area contributed by atoms with Crippen LogP contribution in [0, 0.1) is 13.8 Å². The quantitative estimate of drug-likeness (QED) is 0.663. The van der Waals surface area contributed by atoms with Crippen LogP contribution in [0.3, 0.4) is 0 Å². The molecule has 162 valence electrons. The number of hydrogen-bond donors (Lipinski definition) is 1. The Balaban J connectivity index is 1.70. The maximum Gasteiger partial charge on any atom is 0.322 e. The van der Waals surface area contributed by atoms with Crippen LogP contribution < -0.4 is 5.32 Å². The van der Waals surface area contributed by atoms with Crippen molar-refractivity contribution < 1.29 is 9.59 Å². The van der Waals surface area contributed by atoms with Crippen molar-refractivity contribution in [2.45, 2.75) is 59.0 Å².